The molecule has 1 aromatic rings. The van der Waals surface area contributed by atoms with Crippen molar-refractivity contribution in [2.24, 2.45) is 5.73 Å². The van der Waals surface area contributed by atoms with Crippen LogP contribution in [-0.4, -0.2) is 57.3 Å². The third-order valence-electron chi connectivity index (χ3n) is 3.50. The van der Waals surface area contributed by atoms with Crippen LogP contribution < -0.4 is 21.1 Å². The van der Waals surface area contributed by atoms with Crippen molar-refractivity contribution in [1.29, 1.82) is 0 Å². The van der Waals surface area contributed by atoms with Crippen LogP contribution in [0.3, 0.4) is 0 Å². The number of anilines is 1. The van der Waals surface area contributed by atoms with Crippen LogP contribution in [0.2, 0.25) is 0 Å². The smallest absolute Gasteiger partial charge is 0.243 e. The summed E-state index contributed by atoms with van der Waals surface area (Å²) in [6, 6.07) is 4.28. The molecule has 9 nitrogen and oxygen atoms in total. The molecule has 0 heterocycles. The van der Waals surface area contributed by atoms with Gasteiger partial charge in [0, 0.05) is 13.1 Å². The van der Waals surface area contributed by atoms with E-state index in [9.17, 15) is 18.0 Å². The van der Waals surface area contributed by atoms with E-state index >= 15 is 0 Å². The summed E-state index contributed by atoms with van der Waals surface area (Å²) >= 11 is 0. The van der Waals surface area contributed by atoms with Gasteiger partial charge in [0.15, 0.2) is 0 Å². The van der Waals surface area contributed by atoms with Gasteiger partial charge in [-0.1, -0.05) is 13.8 Å². The first-order chi connectivity index (χ1) is 12.3. The fraction of sp³-hybridized carbons (Fsp3) is 0.500. The molecule has 146 valence electrons. The van der Waals surface area contributed by atoms with Gasteiger partial charge in [-0.15, -0.1) is 0 Å². The van der Waals surface area contributed by atoms with Crippen molar-refractivity contribution in [1.82, 2.24) is 9.62 Å². The first kappa shape index (κ1) is 21.9. The average Bonchev–Trinajstić information content (AvgIpc) is 2.62. The Morgan fingerprint density at radius 2 is 1.81 bits per heavy atom. The number of sulfonamides is 1. The molecule has 0 spiro atoms. The Bertz CT molecular complexity index is 732. The highest BCUT2D eigenvalue weighted by molar-refractivity contribution is 7.89. The minimum absolute atomic E-state index is 0.0472. The molecule has 26 heavy (non-hydrogen) atoms. The number of carbonyl (C=O) groups excluding carboxylic acids is 2. The summed E-state index contributed by atoms with van der Waals surface area (Å²) < 4.78 is 32.1. The Labute approximate surface area is 153 Å². The van der Waals surface area contributed by atoms with Crippen LogP contribution >= 0.6 is 0 Å². The van der Waals surface area contributed by atoms with Crippen molar-refractivity contribution >= 4 is 27.5 Å². The molecule has 0 unspecified atom stereocenters. The lowest BCUT2D eigenvalue weighted by Gasteiger charge is -2.20. The third kappa shape index (κ3) is 5.68. The van der Waals surface area contributed by atoms with Crippen molar-refractivity contribution in [3.05, 3.63) is 18.2 Å². The molecule has 0 fully saturated rings. The number of hydrogen-bond donors (Lipinski definition) is 3. The molecule has 0 aromatic heterocycles. The van der Waals surface area contributed by atoms with Gasteiger partial charge in [0.1, 0.15) is 5.75 Å². The Kier molecular flexibility index (Phi) is 8.49. The number of nitrogens with zero attached hydrogens (tertiary/aromatic N) is 1. The van der Waals surface area contributed by atoms with Gasteiger partial charge in [-0.25, -0.2) is 8.42 Å². The first-order valence-corrected chi connectivity index (χ1v) is 9.77. The maximum absolute atomic E-state index is 12.7. The molecule has 1 rings (SSSR count). The lowest BCUT2D eigenvalue weighted by molar-refractivity contribution is -0.123. The van der Waals surface area contributed by atoms with Crippen molar-refractivity contribution in [2.75, 3.05) is 38.1 Å². The Balaban J connectivity index is 3.12. The van der Waals surface area contributed by atoms with Gasteiger partial charge in [-0.05, 0) is 25.1 Å². The van der Waals surface area contributed by atoms with E-state index in [-0.39, 0.29) is 23.7 Å². The molecular weight excluding hydrogens is 360 g/mol. The lowest BCUT2D eigenvalue weighted by atomic mass is 10.3. The highest BCUT2D eigenvalue weighted by Gasteiger charge is 2.23. The number of hydrogen-bond acceptors (Lipinski definition) is 6. The van der Waals surface area contributed by atoms with Gasteiger partial charge < -0.3 is 21.1 Å². The number of amides is 2. The minimum Gasteiger partial charge on any atom is -0.492 e. The second kappa shape index (κ2) is 10.1. The van der Waals surface area contributed by atoms with Crippen LogP contribution in [0.15, 0.2) is 23.1 Å². The normalized spacial score (nSPS) is 11.3. The van der Waals surface area contributed by atoms with E-state index < -0.39 is 21.8 Å². The van der Waals surface area contributed by atoms with E-state index in [1.54, 1.807) is 20.8 Å². The van der Waals surface area contributed by atoms with E-state index in [4.69, 9.17) is 10.5 Å². The van der Waals surface area contributed by atoms with Crippen LogP contribution in [0.1, 0.15) is 20.8 Å². The topological polar surface area (TPSA) is 131 Å². The summed E-state index contributed by atoms with van der Waals surface area (Å²) in [4.78, 5) is 23.2. The fourth-order valence-corrected chi connectivity index (χ4v) is 3.69. The first-order valence-electron chi connectivity index (χ1n) is 8.33. The summed E-state index contributed by atoms with van der Waals surface area (Å²) in [6.45, 7) is 5.76. The second-order valence-corrected chi connectivity index (χ2v) is 7.15. The van der Waals surface area contributed by atoms with Crippen molar-refractivity contribution < 1.29 is 22.7 Å². The summed E-state index contributed by atoms with van der Waals surface area (Å²) in [6.07, 6.45) is 0. The molecular formula is C16H26N4O5S. The SMILES string of the molecule is CCOc1ccc(S(=O)(=O)N(CC)CC)cc1NC(=O)CNC(=O)CN. The Hall–Kier alpha value is -2.17. The van der Waals surface area contributed by atoms with E-state index in [0.717, 1.165) is 0 Å². The van der Waals surface area contributed by atoms with Crippen LogP contribution in [-0.2, 0) is 19.6 Å². The van der Waals surface area contributed by atoms with E-state index in [1.165, 1.54) is 22.5 Å². The number of rotatable bonds is 10. The van der Waals surface area contributed by atoms with Gasteiger partial charge in [0.25, 0.3) is 0 Å². The molecule has 0 saturated carbocycles. The Morgan fingerprint density at radius 1 is 1.15 bits per heavy atom. The standard InChI is InChI=1S/C16H26N4O5S/c1-4-20(5-2)26(23,24)12-7-8-14(25-6-3)13(9-12)19-16(22)11-18-15(21)10-17/h7-9H,4-6,10-11,17H2,1-3H3,(H,18,21)(H,19,22). The zero-order valence-corrected chi connectivity index (χ0v) is 16.1. The van der Waals surface area contributed by atoms with Gasteiger partial charge in [0.2, 0.25) is 21.8 Å². The predicted molar refractivity (Wildman–Crippen MR) is 98.4 cm³/mol. The van der Waals surface area contributed by atoms with Gasteiger partial charge >= 0.3 is 0 Å². The van der Waals surface area contributed by atoms with Crippen molar-refractivity contribution in [3.8, 4) is 5.75 Å². The molecule has 0 aliphatic carbocycles. The van der Waals surface area contributed by atoms with Crippen molar-refractivity contribution in [3.63, 3.8) is 0 Å². The largest absolute Gasteiger partial charge is 0.492 e. The van der Waals surface area contributed by atoms with E-state index in [1.807, 2.05) is 0 Å². The zero-order valence-electron chi connectivity index (χ0n) is 15.2. The fourth-order valence-electron chi connectivity index (χ4n) is 2.21. The minimum atomic E-state index is -3.68. The highest BCUT2D eigenvalue weighted by atomic mass is 32.2. The van der Waals surface area contributed by atoms with E-state index in [2.05, 4.69) is 10.6 Å². The molecule has 2 amide bonds. The third-order valence-corrected chi connectivity index (χ3v) is 5.55. The van der Waals surface area contributed by atoms with E-state index in [0.29, 0.717) is 25.4 Å². The van der Waals surface area contributed by atoms with Crippen LogP contribution in [0.25, 0.3) is 0 Å². The van der Waals surface area contributed by atoms with Crippen LogP contribution in [0.5, 0.6) is 5.75 Å². The van der Waals surface area contributed by atoms with Crippen LogP contribution in [0, 0.1) is 0 Å². The van der Waals surface area contributed by atoms with Gasteiger partial charge in [-0.3, -0.25) is 9.59 Å². The van der Waals surface area contributed by atoms with Gasteiger partial charge in [-0.2, -0.15) is 4.31 Å². The monoisotopic (exact) mass is 386 g/mol. The molecule has 4 N–H and O–H groups in total. The quantitative estimate of drug-likeness (QED) is 0.524. The zero-order chi connectivity index (χ0) is 19.7. The van der Waals surface area contributed by atoms with Crippen LogP contribution in [0.4, 0.5) is 5.69 Å². The maximum Gasteiger partial charge on any atom is 0.243 e. The molecule has 0 aliphatic heterocycles. The molecule has 0 radical (unpaired) electrons. The summed E-state index contributed by atoms with van der Waals surface area (Å²) in [5, 5.41) is 4.90. The van der Waals surface area contributed by atoms with Crippen molar-refractivity contribution in [2.45, 2.75) is 25.7 Å². The molecule has 0 saturated heterocycles. The molecule has 1 aromatic carbocycles. The van der Waals surface area contributed by atoms with Gasteiger partial charge in [0.05, 0.1) is 30.3 Å². The average molecular weight is 386 g/mol. The maximum atomic E-state index is 12.7. The summed E-state index contributed by atoms with van der Waals surface area (Å²) in [7, 11) is -3.68. The second-order valence-electron chi connectivity index (χ2n) is 5.21. The highest BCUT2D eigenvalue weighted by Crippen LogP contribution is 2.29. The summed E-state index contributed by atoms with van der Waals surface area (Å²) in [5.74, 6) is -0.655. The predicted octanol–water partition coefficient (Wildman–Crippen LogP) is 0.129. The molecule has 0 bridgehead atoms. The Morgan fingerprint density at radius 3 is 2.35 bits per heavy atom. The number of nitrogens with one attached hydrogen (secondary N) is 2. The number of ether oxygens (including phenoxy) is 1. The number of benzene rings is 1. The molecule has 0 atom stereocenters. The molecule has 0 aliphatic rings. The number of nitrogens with two attached hydrogens (primary N) is 1. The lowest BCUT2D eigenvalue weighted by Crippen LogP contribution is -2.36. The summed E-state index contributed by atoms with van der Waals surface area (Å²) in [5.41, 5.74) is 5.38. The molecule has 10 heteroatoms. The number of carbonyl (C=O) groups is 2.